The lowest BCUT2D eigenvalue weighted by Crippen LogP contribution is -2.40. The molecule has 0 fully saturated rings. The van der Waals surface area contributed by atoms with Gasteiger partial charge in [-0.15, -0.1) is 0 Å². The molecule has 0 bridgehead atoms. The number of hydrogen-bond donors (Lipinski definition) is 3. The van der Waals surface area contributed by atoms with E-state index in [-0.39, 0.29) is 6.61 Å². The van der Waals surface area contributed by atoms with Crippen molar-refractivity contribution in [3.05, 3.63) is 34.3 Å². The first kappa shape index (κ1) is 20.0. The highest BCUT2D eigenvalue weighted by Crippen LogP contribution is 2.14. The van der Waals surface area contributed by atoms with Gasteiger partial charge in [-0.25, -0.2) is 4.99 Å². The van der Waals surface area contributed by atoms with E-state index in [9.17, 15) is 5.11 Å². The van der Waals surface area contributed by atoms with Crippen molar-refractivity contribution >= 4 is 21.9 Å². The Hall–Kier alpha value is -1.07. The Bertz CT molecular complexity index is 477. The standard InChI is InChI=1S/C18H30BrN3O/c1-4-20-18(21-12-15-6-5-7-17(19)11-15)22-13-16(8-9-23)10-14(2)3/h5-7,11,14,16,23H,4,8-10,12-13H2,1-3H3,(H2,20,21,22). The van der Waals surface area contributed by atoms with Gasteiger partial charge in [-0.3, -0.25) is 0 Å². The monoisotopic (exact) mass is 383 g/mol. The van der Waals surface area contributed by atoms with Gasteiger partial charge in [0.25, 0.3) is 0 Å². The highest BCUT2D eigenvalue weighted by molar-refractivity contribution is 9.10. The molecule has 0 aromatic heterocycles. The molecule has 3 N–H and O–H groups in total. The molecule has 0 saturated heterocycles. The zero-order valence-electron chi connectivity index (χ0n) is 14.5. The summed E-state index contributed by atoms with van der Waals surface area (Å²) in [7, 11) is 0. The summed E-state index contributed by atoms with van der Waals surface area (Å²) in [6.45, 7) is 9.06. The summed E-state index contributed by atoms with van der Waals surface area (Å²) in [6, 6.07) is 8.20. The van der Waals surface area contributed by atoms with Crippen molar-refractivity contribution in [2.24, 2.45) is 16.8 Å². The van der Waals surface area contributed by atoms with E-state index in [2.05, 4.69) is 64.5 Å². The average Bonchev–Trinajstić information content (AvgIpc) is 2.49. The van der Waals surface area contributed by atoms with E-state index in [1.54, 1.807) is 0 Å². The van der Waals surface area contributed by atoms with Gasteiger partial charge in [0.05, 0.1) is 6.54 Å². The predicted molar refractivity (Wildman–Crippen MR) is 102 cm³/mol. The Kier molecular flexibility index (Phi) is 9.96. The zero-order chi connectivity index (χ0) is 17.1. The van der Waals surface area contributed by atoms with Crippen molar-refractivity contribution in [3.8, 4) is 0 Å². The van der Waals surface area contributed by atoms with E-state index in [0.717, 1.165) is 36.4 Å². The molecule has 5 heteroatoms. The Balaban J connectivity index is 2.60. The van der Waals surface area contributed by atoms with E-state index < -0.39 is 0 Å². The van der Waals surface area contributed by atoms with Crippen LogP contribution < -0.4 is 10.6 Å². The van der Waals surface area contributed by atoms with Crippen LogP contribution in [0.2, 0.25) is 0 Å². The predicted octanol–water partition coefficient (Wildman–Crippen LogP) is 3.55. The molecule has 1 rings (SSSR count). The van der Waals surface area contributed by atoms with Gasteiger partial charge in [-0.05, 0) is 49.3 Å². The zero-order valence-corrected chi connectivity index (χ0v) is 16.1. The van der Waals surface area contributed by atoms with Crippen LogP contribution in [0, 0.1) is 11.8 Å². The van der Waals surface area contributed by atoms with Gasteiger partial charge >= 0.3 is 0 Å². The van der Waals surface area contributed by atoms with Crippen molar-refractivity contribution in [2.75, 3.05) is 19.7 Å². The van der Waals surface area contributed by atoms with E-state index in [1.807, 2.05) is 12.1 Å². The largest absolute Gasteiger partial charge is 0.396 e. The SMILES string of the molecule is CCNC(=NCc1cccc(Br)c1)NCC(CCO)CC(C)C. The Morgan fingerprint density at radius 1 is 1.30 bits per heavy atom. The number of rotatable bonds is 9. The second-order valence-electron chi connectivity index (χ2n) is 6.21. The molecule has 0 aliphatic heterocycles. The van der Waals surface area contributed by atoms with Crippen molar-refractivity contribution < 1.29 is 5.11 Å². The molecule has 0 aliphatic rings. The number of nitrogens with zero attached hydrogens (tertiary/aromatic N) is 1. The van der Waals surface area contributed by atoms with Crippen LogP contribution in [0.1, 0.15) is 39.2 Å². The molecule has 0 heterocycles. The number of aliphatic hydroxyl groups excluding tert-OH is 1. The second kappa shape index (κ2) is 11.5. The first-order valence-electron chi connectivity index (χ1n) is 8.42. The minimum absolute atomic E-state index is 0.241. The van der Waals surface area contributed by atoms with Crippen LogP contribution >= 0.6 is 15.9 Å². The van der Waals surface area contributed by atoms with E-state index in [1.165, 1.54) is 5.56 Å². The third-order valence-electron chi connectivity index (χ3n) is 3.55. The molecule has 1 aromatic rings. The summed E-state index contributed by atoms with van der Waals surface area (Å²) in [5, 5.41) is 15.9. The second-order valence-corrected chi connectivity index (χ2v) is 7.13. The van der Waals surface area contributed by atoms with Crippen LogP contribution in [0.4, 0.5) is 0 Å². The van der Waals surface area contributed by atoms with Crippen molar-refractivity contribution in [3.63, 3.8) is 0 Å². The smallest absolute Gasteiger partial charge is 0.191 e. The van der Waals surface area contributed by atoms with Gasteiger partial charge in [-0.2, -0.15) is 0 Å². The lowest BCUT2D eigenvalue weighted by Gasteiger charge is -2.20. The first-order valence-corrected chi connectivity index (χ1v) is 9.21. The maximum absolute atomic E-state index is 9.22. The summed E-state index contributed by atoms with van der Waals surface area (Å²) >= 11 is 3.49. The van der Waals surface area contributed by atoms with Crippen LogP contribution in [-0.2, 0) is 6.54 Å². The third-order valence-corrected chi connectivity index (χ3v) is 4.05. The summed E-state index contributed by atoms with van der Waals surface area (Å²) in [6.07, 6.45) is 1.94. The van der Waals surface area contributed by atoms with E-state index in [4.69, 9.17) is 0 Å². The molecule has 0 spiro atoms. The summed E-state index contributed by atoms with van der Waals surface area (Å²) in [5.74, 6) is 1.93. The van der Waals surface area contributed by atoms with Gasteiger partial charge < -0.3 is 15.7 Å². The number of nitrogens with one attached hydrogen (secondary N) is 2. The number of benzene rings is 1. The molecule has 0 aliphatic carbocycles. The van der Waals surface area contributed by atoms with Crippen molar-refractivity contribution in [1.82, 2.24) is 10.6 Å². The molecule has 1 aromatic carbocycles. The number of guanidine groups is 1. The fourth-order valence-corrected chi connectivity index (χ4v) is 2.99. The molecule has 130 valence electrons. The Morgan fingerprint density at radius 3 is 2.70 bits per heavy atom. The number of aliphatic hydroxyl groups is 1. The quantitative estimate of drug-likeness (QED) is 0.451. The minimum atomic E-state index is 0.241. The summed E-state index contributed by atoms with van der Waals surface area (Å²) < 4.78 is 1.07. The normalized spacial score (nSPS) is 13.2. The number of halogens is 1. The highest BCUT2D eigenvalue weighted by atomic mass is 79.9. The molecule has 1 atom stereocenters. The molecular weight excluding hydrogens is 354 g/mol. The van der Waals surface area contributed by atoms with Gasteiger partial charge in [0.15, 0.2) is 5.96 Å². The van der Waals surface area contributed by atoms with Crippen molar-refractivity contribution in [1.29, 1.82) is 0 Å². The lowest BCUT2D eigenvalue weighted by molar-refractivity contribution is 0.243. The Labute approximate surface area is 148 Å². The Morgan fingerprint density at radius 2 is 2.09 bits per heavy atom. The maximum Gasteiger partial charge on any atom is 0.191 e. The van der Waals surface area contributed by atoms with Crippen LogP contribution in [0.25, 0.3) is 0 Å². The summed E-state index contributed by atoms with van der Waals surface area (Å²) in [4.78, 5) is 4.65. The molecule has 4 nitrogen and oxygen atoms in total. The molecule has 23 heavy (non-hydrogen) atoms. The molecule has 0 amide bonds. The van der Waals surface area contributed by atoms with Crippen LogP contribution in [-0.4, -0.2) is 30.8 Å². The molecule has 0 saturated carbocycles. The lowest BCUT2D eigenvalue weighted by atomic mass is 9.94. The third kappa shape index (κ3) is 8.96. The first-order chi connectivity index (χ1) is 11.0. The number of aliphatic imine (C=N–C) groups is 1. The van der Waals surface area contributed by atoms with Gasteiger partial charge in [0, 0.05) is 24.2 Å². The van der Waals surface area contributed by atoms with Gasteiger partial charge in [0.2, 0.25) is 0 Å². The highest BCUT2D eigenvalue weighted by Gasteiger charge is 2.11. The van der Waals surface area contributed by atoms with Crippen LogP contribution in [0.5, 0.6) is 0 Å². The van der Waals surface area contributed by atoms with E-state index >= 15 is 0 Å². The fraction of sp³-hybridized carbons (Fsp3) is 0.611. The molecular formula is C18H30BrN3O. The average molecular weight is 384 g/mol. The van der Waals surface area contributed by atoms with Crippen molar-refractivity contribution in [2.45, 2.75) is 40.2 Å². The molecule has 1 unspecified atom stereocenters. The molecule has 0 radical (unpaired) electrons. The van der Waals surface area contributed by atoms with Crippen LogP contribution in [0.15, 0.2) is 33.7 Å². The van der Waals surface area contributed by atoms with E-state index in [0.29, 0.717) is 18.4 Å². The van der Waals surface area contributed by atoms with Gasteiger partial charge in [0.1, 0.15) is 0 Å². The minimum Gasteiger partial charge on any atom is -0.396 e. The van der Waals surface area contributed by atoms with Crippen LogP contribution in [0.3, 0.4) is 0 Å². The fourth-order valence-electron chi connectivity index (χ4n) is 2.54. The topological polar surface area (TPSA) is 56.7 Å². The maximum atomic E-state index is 9.22. The van der Waals surface area contributed by atoms with Gasteiger partial charge in [-0.1, -0.05) is 41.9 Å². The number of hydrogen-bond acceptors (Lipinski definition) is 2. The summed E-state index contributed by atoms with van der Waals surface area (Å²) in [5.41, 5.74) is 1.17.